The van der Waals surface area contributed by atoms with Crippen LogP contribution in [0.3, 0.4) is 0 Å². The Balaban J connectivity index is 1.94. The highest BCUT2D eigenvalue weighted by Gasteiger charge is 2.58. The topological polar surface area (TPSA) is 81.1 Å². The van der Waals surface area contributed by atoms with E-state index >= 15 is 0 Å². The molecule has 0 bridgehead atoms. The predicted octanol–water partition coefficient (Wildman–Crippen LogP) is 6.28. The molecule has 1 aliphatic heterocycles. The molecule has 6 nitrogen and oxygen atoms in total. The van der Waals surface area contributed by atoms with Gasteiger partial charge in [0.25, 0.3) is 0 Å². The number of aliphatic hydroxyl groups is 1. The Bertz CT molecular complexity index is 1280. The molecule has 3 atom stereocenters. The molecule has 1 unspecified atom stereocenters. The third-order valence-electron chi connectivity index (χ3n) is 7.22. The van der Waals surface area contributed by atoms with Crippen LogP contribution in [0.5, 0.6) is 0 Å². The van der Waals surface area contributed by atoms with Crippen LogP contribution in [0.4, 0.5) is 4.79 Å². The van der Waals surface area contributed by atoms with Crippen LogP contribution >= 0.6 is 23.2 Å². The van der Waals surface area contributed by atoms with Gasteiger partial charge in [-0.05, 0) is 35.1 Å². The van der Waals surface area contributed by atoms with E-state index in [1.807, 2.05) is 62.1 Å². The highest BCUT2D eigenvalue weighted by Crippen LogP contribution is 2.53. The molecule has 0 aromatic heterocycles. The first kappa shape index (κ1) is 28.1. The second-order valence-corrected chi connectivity index (χ2v) is 11.6. The molecule has 200 valence electrons. The lowest BCUT2D eigenvalue weighted by atomic mass is 9.63. The van der Waals surface area contributed by atoms with Gasteiger partial charge in [-0.3, -0.25) is 9.69 Å². The Labute approximate surface area is 233 Å². The van der Waals surface area contributed by atoms with Crippen molar-refractivity contribution in [3.63, 3.8) is 0 Å². The summed E-state index contributed by atoms with van der Waals surface area (Å²) in [5.41, 5.74) is -0.721. The number of carboxylic acid groups (broad SMARTS) is 1. The molecule has 2 amide bonds. The van der Waals surface area contributed by atoms with E-state index in [1.54, 1.807) is 42.5 Å². The fourth-order valence-electron chi connectivity index (χ4n) is 5.69. The van der Waals surface area contributed by atoms with Crippen molar-refractivity contribution in [1.82, 2.24) is 9.80 Å². The largest absolute Gasteiger partial charge is 0.465 e. The van der Waals surface area contributed by atoms with E-state index < -0.39 is 35.1 Å². The number of carbonyl (C=O) groups is 2. The second-order valence-electron chi connectivity index (χ2n) is 10.7. The van der Waals surface area contributed by atoms with Crippen molar-refractivity contribution in [2.45, 2.75) is 39.0 Å². The van der Waals surface area contributed by atoms with Gasteiger partial charge in [-0.1, -0.05) is 111 Å². The summed E-state index contributed by atoms with van der Waals surface area (Å²) in [6.45, 7) is 6.10. The van der Waals surface area contributed by atoms with Gasteiger partial charge >= 0.3 is 6.09 Å². The van der Waals surface area contributed by atoms with Gasteiger partial charge in [0, 0.05) is 28.1 Å². The van der Waals surface area contributed by atoms with Crippen molar-refractivity contribution in [3.05, 3.63) is 106 Å². The number of nitrogens with zero attached hydrogens (tertiary/aromatic N) is 2. The van der Waals surface area contributed by atoms with Crippen LogP contribution in [0.1, 0.15) is 37.5 Å². The van der Waals surface area contributed by atoms with Gasteiger partial charge in [0.05, 0.1) is 6.54 Å². The molecule has 0 aliphatic carbocycles. The van der Waals surface area contributed by atoms with Crippen molar-refractivity contribution < 1.29 is 19.8 Å². The molecule has 1 aliphatic rings. The van der Waals surface area contributed by atoms with Gasteiger partial charge in [0.1, 0.15) is 11.8 Å². The quantitative estimate of drug-likeness (QED) is 0.359. The lowest BCUT2D eigenvalue weighted by Gasteiger charge is -2.50. The molecule has 1 saturated heterocycles. The zero-order valence-electron chi connectivity index (χ0n) is 21.6. The Morgan fingerprint density at radius 1 is 0.947 bits per heavy atom. The van der Waals surface area contributed by atoms with Gasteiger partial charge < -0.3 is 10.2 Å². The van der Waals surface area contributed by atoms with Crippen LogP contribution in [-0.4, -0.2) is 51.3 Å². The van der Waals surface area contributed by atoms with E-state index in [-0.39, 0.29) is 22.2 Å². The summed E-state index contributed by atoms with van der Waals surface area (Å²) in [7, 11) is 0. The third kappa shape index (κ3) is 5.32. The van der Waals surface area contributed by atoms with Gasteiger partial charge in [0.2, 0.25) is 5.91 Å². The van der Waals surface area contributed by atoms with Crippen molar-refractivity contribution >= 4 is 35.2 Å². The number of imide groups is 1. The molecule has 8 heteroatoms. The number of carbonyl (C=O) groups excluding carboxylic acids is 1. The molecular weight excluding hydrogens is 523 g/mol. The lowest BCUT2D eigenvalue weighted by Crippen LogP contribution is -2.59. The monoisotopic (exact) mass is 554 g/mol. The van der Waals surface area contributed by atoms with Gasteiger partial charge in [-0.2, -0.15) is 0 Å². The zero-order chi connectivity index (χ0) is 27.7. The summed E-state index contributed by atoms with van der Waals surface area (Å²) >= 11 is 13.4. The summed E-state index contributed by atoms with van der Waals surface area (Å²) in [6.07, 6.45) is -1.75. The predicted molar refractivity (Wildman–Crippen MR) is 149 cm³/mol. The normalized spacial score (nSPS) is 18.8. The second kappa shape index (κ2) is 11.1. The van der Waals surface area contributed by atoms with Crippen molar-refractivity contribution in [3.8, 4) is 0 Å². The van der Waals surface area contributed by atoms with Crippen LogP contribution in [-0.2, 0) is 16.8 Å². The highest BCUT2D eigenvalue weighted by atomic mass is 35.5. The summed E-state index contributed by atoms with van der Waals surface area (Å²) in [6, 6.07) is 23.8. The van der Waals surface area contributed by atoms with Crippen LogP contribution in [0.15, 0.2) is 78.9 Å². The Morgan fingerprint density at radius 3 is 2.03 bits per heavy atom. The molecule has 1 fully saturated rings. The molecule has 1 heterocycles. The first-order valence-electron chi connectivity index (χ1n) is 12.5. The number of halogens is 2. The maximum Gasteiger partial charge on any atom is 0.415 e. The Hall–Kier alpha value is -2.90. The highest BCUT2D eigenvalue weighted by molar-refractivity contribution is 6.36. The minimum Gasteiger partial charge on any atom is -0.465 e. The van der Waals surface area contributed by atoms with Gasteiger partial charge in [0.15, 0.2) is 0 Å². The number of hydrogen-bond donors (Lipinski definition) is 2. The van der Waals surface area contributed by atoms with E-state index in [2.05, 4.69) is 0 Å². The number of amides is 2. The van der Waals surface area contributed by atoms with Crippen LogP contribution in [0.2, 0.25) is 10.0 Å². The molecule has 0 saturated carbocycles. The number of benzene rings is 3. The number of hydrogen-bond acceptors (Lipinski definition) is 4. The molecule has 0 radical (unpaired) electrons. The Morgan fingerprint density at radius 2 is 1.50 bits per heavy atom. The average molecular weight is 556 g/mol. The maximum atomic E-state index is 13.2. The van der Waals surface area contributed by atoms with E-state index in [4.69, 9.17) is 23.2 Å². The van der Waals surface area contributed by atoms with Crippen molar-refractivity contribution in [2.75, 3.05) is 13.1 Å². The van der Waals surface area contributed by atoms with E-state index in [9.17, 15) is 19.8 Å². The average Bonchev–Trinajstić information content (AvgIpc) is 3.18. The van der Waals surface area contributed by atoms with Crippen LogP contribution in [0.25, 0.3) is 0 Å². The fourth-order valence-corrected chi connectivity index (χ4v) is 6.37. The first-order valence-corrected chi connectivity index (χ1v) is 13.3. The summed E-state index contributed by atoms with van der Waals surface area (Å²) in [5.74, 6) is -1.39. The van der Waals surface area contributed by atoms with Crippen LogP contribution in [0, 0.1) is 11.3 Å². The smallest absolute Gasteiger partial charge is 0.415 e. The fraction of sp³-hybridized carbons (Fsp3) is 0.333. The molecule has 38 heavy (non-hydrogen) atoms. The lowest BCUT2D eigenvalue weighted by molar-refractivity contribution is -0.131. The van der Waals surface area contributed by atoms with Gasteiger partial charge in [-0.25, -0.2) is 9.69 Å². The summed E-state index contributed by atoms with van der Waals surface area (Å²) in [4.78, 5) is 28.4. The molecular formula is C30H32Cl2N2O4. The summed E-state index contributed by atoms with van der Waals surface area (Å²) < 4.78 is 0. The van der Waals surface area contributed by atoms with Gasteiger partial charge in [-0.15, -0.1) is 0 Å². The zero-order valence-corrected chi connectivity index (χ0v) is 23.2. The molecule has 2 N–H and O–H groups in total. The minimum absolute atomic E-state index is 0.0858. The summed E-state index contributed by atoms with van der Waals surface area (Å²) in [5, 5.41) is 23.7. The van der Waals surface area contributed by atoms with E-state index in [0.29, 0.717) is 18.5 Å². The molecule has 4 rings (SSSR count). The number of rotatable bonds is 7. The van der Waals surface area contributed by atoms with Crippen LogP contribution < -0.4 is 0 Å². The maximum absolute atomic E-state index is 13.2. The van der Waals surface area contributed by atoms with Crippen molar-refractivity contribution in [2.24, 2.45) is 11.3 Å². The first-order chi connectivity index (χ1) is 18.0. The van der Waals surface area contributed by atoms with Crippen molar-refractivity contribution in [1.29, 1.82) is 0 Å². The molecule has 3 aromatic carbocycles. The van der Waals surface area contributed by atoms with E-state index in [1.165, 1.54) is 0 Å². The Kier molecular flexibility index (Phi) is 8.19. The molecule has 3 aromatic rings. The SMILES string of the molecule is CC(C)(C)[C@@H](C1N(CCc2ccccc2)CC(=O)N1C(=O)O)[C@](O)(c1ccccc1)c1c(Cl)cccc1Cl. The van der Waals surface area contributed by atoms with E-state index in [0.717, 1.165) is 10.5 Å². The standard InChI is InChI=1S/C30H32Cl2N2O4/c1-29(2,3)26(30(38,21-13-8-5-9-14-21)25-22(31)15-10-16-23(25)32)27-33(19-24(35)34(27)28(36)37)18-17-20-11-6-4-7-12-20/h4-16,26-27,38H,17-19H2,1-3H3,(H,36,37)/t26-,27?,30+/m1/s1. The third-order valence-corrected chi connectivity index (χ3v) is 7.85. The molecule has 0 spiro atoms. The minimum atomic E-state index is -1.84.